The predicted molar refractivity (Wildman–Crippen MR) is 79.2 cm³/mol. The SMILES string of the molecule is C/C(=N\O)c1cccc(NC(=O)Cc2ccc(F)cc2)c1. The number of nitrogens with zero attached hydrogens (tertiary/aromatic N) is 1. The average molecular weight is 286 g/mol. The number of rotatable bonds is 4. The number of hydrogen-bond donors (Lipinski definition) is 2. The summed E-state index contributed by atoms with van der Waals surface area (Å²) in [6.07, 6.45) is 0.164. The van der Waals surface area contributed by atoms with E-state index in [1.165, 1.54) is 12.1 Å². The van der Waals surface area contributed by atoms with Crippen molar-refractivity contribution in [2.45, 2.75) is 13.3 Å². The lowest BCUT2D eigenvalue weighted by molar-refractivity contribution is -0.115. The quantitative estimate of drug-likeness (QED) is 0.515. The number of anilines is 1. The van der Waals surface area contributed by atoms with Crippen LogP contribution < -0.4 is 5.32 Å². The van der Waals surface area contributed by atoms with Crippen molar-refractivity contribution in [3.8, 4) is 0 Å². The highest BCUT2D eigenvalue weighted by Gasteiger charge is 2.06. The molecule has 5 heteroatoms. The number of oxime groups is 1. The van der Waals surface area contributed by atoms with Gasteiger partial charge in [-0.2, -0.15) is 0 Å². The Morgan fingerprint density at radius 1 is 1.24 bits per heavy atom. The average Bonchev–Trinajstić information content (AvgIpc) is 2.49. The second-order valence-electron chi connectivity index (χ2n) is 4.62. The van der Waals surface area contributed by atoms with Gasteiger partial charge in [-0.15, -0.1) is 0 Å². The van der Waals surface area contributed by atoms with Crippen molar-refractivity contribution >= 4 is 17.3 Å². The topological polar surface area (TPSA) is 61.7 Å². The summed E-state index contributed by atoms with van der Waals surface area (Å²) in [5, 5.41) is 14.6. The molecule has 0 spiro atoms. The van der Waals surface area contributed by atoms with Crippen LogP contribution in [0.2, 0.25) is 0 Å². The predicted octanol–water partition coefficient (Wildman–Crippen LogP) is 3.21. The van der Waals surface area contributed by atoms with E-state index in [0.717, 1.165) is 11.1 Å². The van der Waals surface area contributed by atoms with Gasteiger partial charge >= 0.3 is 0 Å². The molecule has 2 N–H and O–H groups in total. The number of halogens is 1. The Morgan fingerprint density at radius 2 is 1.95 bits per heavy atom. The summed E-state index contributed by atoms with van der Waals surface area (Å²) in [4.78, 5) is 11.9. The van der Waals surface area contributed by atoms with Crippen LogP contribution in [-0.4, -0.2) is 16.8 Å². The van der Waals surface area contributed by atoms with Gasteiger partial charge < -0.3 is 10.5 Å². The molecule has 0 heterocycles. The maximum absolute atomic E-state index is 12.8. The van der Waals surface area contributed by atoms with Gasteiger partial charge in [0.05, 0.1) is 12.1 Å². The van der Waals surface area contributed by atoms with Gasteiger partial charge in [0.1, 0.15) is 5.82 Å². The summed E-state index contributed by atoms with van der Waals surface area (Å²) in [5.74, 6) is -0.525. The molecule has 0 aliphatic heterocycles. The third-order valence-corrected chi connectivity index (χ3v) is 2.99. The Bertz CT molecular complexity index is 666. The third kappa shape index (κ3) is 4.14. The zero-order chi connectivity index (χ0) is 15.2. The fraction of sp³-hybridized carbons (Fsp3) is 0.125. The van der Waals surface area contributed by atoms with Crippen molar-refractivity contribution in [2.24, 2.45) is 5.16 Å². The molecule has 0 aliphatic carbocycles. The first-order valence-electron chi connectivity index (χ1n) is 6.42. The number of amides is 1. The van der Waals surface area contributed by atoms with E-state index in [2.05, 4.69) is 10.5 Å². The van der Waals surface area contributed by atoms with Gasteiger partial charge in [0.25, 0.3) is 0 Å². The zero-order valence-corrected chi connectivity index (χ0v) is 11.5. The van der Waals surface area contributed by atoms with Crippen LogP contribution in [0.25, 0.3) is 0 Å². The van der Waals surface area contributed by atoms with Crippen molar-refractivity contribution in [3.63, 3.8) is 0 Å². The smallest absolute Gasteiger partial charge is 0.228 e. The van der Waals surface area contributed by atoms with Crippen molar-refractivity contribution in [1.29, 1.82) is 0 Å². The lowest BCUT2D eigenvalue weighted by atomic mass is 10.1. The molecule has 0 aliphatic rings. The molecule has 21 heavy (non-hydrogen) atoms. The molecule has 0 radical (unpaired) electrons. The van der Waals surface area contributed by atoms with Crippen molar-refractivity contribution in [3.05, 3.63) is 65.5 Å². The molecule has 2 aromatic carbocycles. The molecule has 2 rings (SSSR count). The number of nitrogens with one attached hydrogen (secondary N) is 1. The fourth-order valence-corrected chi connectivity index (χ4v) is 1.87. The Kier molecular flexibility index (Phi) is 4.66. The van der Waals surface area contributed by atoms with Gasteiger partial charge in [-0.3, -0.25) is 4.79 Å². The summed E-state index contributed by atoms with van der Waals surface area (Å²) in [6, 6.07) is 12.8. The Hall–Kier alpha value is -2.69. The van der Waals surface area contributed by atoms with Crippen LogP contribution in [0.5, 0.6) is 0 Å². The van der Waals surface area contributed by atoms with Crippen LogP contribution in [0.3, 0.4) is 0 Å². The summed E-state index contributed by atoms with van der Waals surface area (Å²) < 4.78 is 12.8. The molecule has 0 atom stereocenters. The van der Waals surface area contributed by atoms with E-state index in [-0.39, 0.29) is 18.1 Å². The fourth-order valence-electron chi connectivity index (χ4n) is 1.87. The molecule has 0 aromatic heterocycles. The van der Waals surface area contributed by atoms with E-state index >= 15 is 0 Å². The largest absolute Gasteiger partial charge is 0.411 e. The minimum atomic E-state index is -0.328. The number of benzene rings is 2. The molecule has 2 aromatic rings. The molecule has 0 saturated carbocycles. The summed E-state index contributed by atoms with van der Waals surface area (Å²) >= 11 is 0. The van der Waals surface area contributed by atoms with E-state index in [0.29, 0.717) is 11.4 Å². The maximum atomic E-state index is 12.8. The highest BCUT2D eigenvalue weighted by atomic mass is 19.1. The van der Waals surface area contributed by atoms with E-state index in [9.17, 15) is 9.18 Å². The molecule has 0 saturated heterocycles. The summed E-state index contributed by atoms with van der Waals surface area (Å²) in [5.41, 5.74) is 2.53. The first kappa shape index (κ1) is 14.7. The highest BCUT2D eigenvalue weighted by molar-refractivity contribution is 6.00. The zero-order valence-electron chi connectivity index (χ0n) is 11.5. The maximum Gasteiger partial charge on any atom is 0.228 e. The van der Waals surface area contributed by atoms with Gasteiger partial charge in [-0.25, -0.2) is 4.39 Å². The van der Waals surface area contributed by atoms with Crippen LogP contribution in [0, 0.1) is 5.82 Å². The third-order valence-electron chi connectivity index (χ3n) is 2.99. The van der Waals surface area contributed by atoms with Crippen LogP contribution in [-0.2, 0) is 11.2 Å². The standard InChI is InChI=1S/C16H15FN2O2/c1-11(19-21)13-3-2-4-15(10-13)18-16(20)9-12-5-7-14(17)8-6-12/h2-8,10,21H,9H2,1H3,(H,18,20)/b19-11+. The second kappa shape index (κ2) is 6.65. The Labute approximate surface area is 121 Å². The number of carbonyl (C=O) groups excluding carboxylic acids is 1. The molecular formula is C16H15FN2O2. The van der Waals surface area contributed by atoms with Gasteiger partial charge in [-0.1, -0.05) is 29.4 Å². The van der Waals surface area contributed by atoms with Crippen LogP contribution in [0.1, 0.15) is 18.1 Å². The Balaban J connectivity index is 2.04. The van der Waals surface area contributed by atoms with Gasteiger partial charge in [0, 0.05) is 11.3 Å². The van der Waals surface area contributed by atoms with E-state index in [1.54, 1.807) is 43.3 Å². The molecule has 4 nitrogen and oxygen atoms in total. The van der Waals surface area contributed by atoms with Gasteiger partial charge in [0.2, 0.25) is 5.91 Å². The lowest BCUT2D eigenvalue weighted by Crippen LogP contribution is -2.14. The second-order valence-corrected chi connectivity index (χ2v) is 4.62. The van der Waals surface area contributed by atoms with Gasteiger partial charge in [-0.05, 0) is 36.8 Å². The Morgan fingerprint density at radius 3 is 2.62 bits per heavy atom. The molecule has 0 unspecified atom stereocenters. The monoisotopic (exact) mass is 286 g/mol. The first-order chi connectivity index (χ1) is 10.1. The van der Waals surface area contributed by atoms with E-state index < -0.39 is 0 Å². The minimum Gasteiger partial charge on any atom is -0.411 e. The highest BCUT2D eigenvalue weighted by Crippen LogP contribution is 2.12. The molecular weight excluding hydrogens is 271 g/mol. The molecule has 0 fully saturated rings. The van der Waals surface area contributed by atoms with Crippen molar-refractivity contribution < 1.29 is 14.4 Å². The summed E-state index contributed by atoms with van der Waals surface area (Å²) in [7, 11) is 0. The van der Waals surface area contributed by atoms with E-state index in [1.807, 2.05) is 0 Å². The van der Waals surface area contributed by atoms with Crippen LogP contribution in [0.15, 0.2) is 53.7 Å². The molecule has 1 amide bonds. The minimum absolute atomic E-state index is 0.164. The number of hydrogen-bond acceptors (Lipinski definition) is 3. The van der Waals surface area contributed by atoms with E-state index in [4.69, 9.17) is 5.21 Å². The van der Waals surface area contributed by atoms with Crippen LogP contribution in [0.4, 0.5) is 10.1 Å². The van der Waals surface area contributed by atoms with Crippen molar-refractivity contribution in [2.75, 3.05) is 5.32 Å². The lowest BCUT2D eigenvalue weighted by Gasteiger charge is -2.07. The van der Waals surface area contributed by atoms with Gasteiger partial charge in [0.15, 0.2) is 0 Å². The van der Waals surface area contributed by atoms with Crippen molar-refractivity contribution in [1.82, 2.24) is 0 Å². The normalized spacial score (nSPS) is 11.2. The van der Waals surface area contributed by atoms with Crippen LogP contribution >= 0.6 is 0 Å². The number of carbonyl (C=O) groups is 1. The first-order valence-corrected chi connectivity index (χ1v) is 6.42. The molecule has 0 bridgehead atoms. The molecule has 108 valence electrons. The summed E-state index contributed by atoms with van der Waals surface area (Å²) in [6.45, 7) is 1.67.